The van der Waals surface area contributed by atoms with Gasteiger partial charge in [-0.1, -0.05) is 18.2 Å². The Morgan fingerprint density at radius 3 is 2.10 bits per heavy atom. The van der Waals surface area contributed by atoms with Gasteiger partial charge in [-0.2, -0.15) is 0 Å². The number of dihydropyridines is 1. The van der Waals surface area contributed by atoms with Crippen LogP contribution < -0.4 is 10.1 Å². The van der Waals surface area contributed by atoms with Crippen molar-refractivity contribution < 1.29 is 23.8 Å². The lowest BCUT2D eigenvalue weighted by molar-refractivity contribution is -0.139. The smallest absolute Gasteiger partial charge is 0.336 e. The van der Waals surface area contributed by atoms with Crippen molar-refractivity contribution in [2.45, 2.75) is 40.7 Å². The SMILES string of the molecule is CCOC(=O)C1=C(C)NC(C)=C(C(=O)OCC)C1C1=Cc2ccccc2OC1C. The third-order valence-corrected chi connectivity index (χ3v) is 5.10. The molecule has 0 bridgehead atoms. The summed E-state index contributed by atoms with van der Waals surface area (Å²) in [6, 6.07) is 7.69. The molecule has 1 atom stereocenters. The molecule has 2 aliphatic rings. The number of benzene rings is 1. The second kappa shape index (κ2) is 8.55. The number of ether oxygens (including phenoxy) is 3. The highest BCUT2D eigenvalue weighted by atomic mass is 16.5. The van der Waals surface area contributed by atoms with Crippen LogP contribution in [0.5, 0.6) is 5.75 Å². The Balaban J connectivity index is 2.19. The average Bonchev–Trinajstić information content (AvgIpc) is 2.67. The first-order valence-electron chi connectivity index (χ1n) is 9.88. The fraction of sp³-hybridized carbons (Fsp3) is 0.391. The van der Waals surface area contributed by atoms with Crippen molar-refractivity contribution in [3.05, 3.63) is 57.9 Å². The molecule has 0 spiro atoms. The Morgan fingerprint density at radius 1 is 1.00 bits per heavy atom. The number of carbonyl (C=O) groups excluding carboxylic acids is 2. The first-order valence-corrected chi connectivity index (χ1v) is 9.88. The van der Waals surface area contributed by atoms with E-state index in [0.717, 1.165) is 16.9 Å². The van der Waals surface area contributed by atoms with Gasteiger partial charge < -0.3 is 19.5 Å². The Hall–Kier alpha value is -3.02. The fourth-order valence-electron chi connectivity index (χ4n) is 3.87. The third-order valence-electron chi connectivity index (χ3n) is 5.10. The molecule has 2 aliphatic heterocycles. The third kappa shape index (κ3) is 3.92. The number of hydrogen-bond acceptors (Lipinski definition) is 6. The van der Waals surface area contributed by atoms with Crippen molar-refractivity contribution >= 4 is 18.0 Å². The number of esters is 2. The number of allylic oxidation sites excluding steroid dienone is 2. The lowest BCUT2D eigenvalue weighted by Crippen LogP contribution is -2.38. The summed E-state index contributed by atoms with van der Waals surface area (Å²) in [5.74, 6) is -0.750. The second-order valence-corrected chi connectivity index (χ2v) is 7.02. The molecule has 0 fully saturated rings. The van der Waals surface area contributed by atoms with Gasteiger partial charge in [0.2, 0.25) is 0 Å². The molecule has 0 amide bonds. The monoisotopic (exact) mass is 397 g/mol. The molecule has 6 heteroatoms. The molecule has 0 radical (unpaired) electrons. The summed E-state index contributed by atoms with van der Waals surface area (Å²) in [5.41, 5.74) is 3.84. The molecule has 6 nitrogen and oxygen atoms in total. The van der Waals surface area contributed by atoms with E-state index >= 15 is 0 Å². The van der Waals surface area contributed by atoms with E-state index in [4.69, 9.17) is 14.2 Å². The molecule has 2 heterocycles. The van der Waals surface area contributed by atoms with Crippen LogP contribution in [0.25, 0.3) is 6.08 Å². The molecular formula is C23H27NO5. The number of nitrogens with one attached hydrogen (secondary N) is 1. The van der Waals surface area contributed by atoms with Crippen LogP contribution in [0, 0.1) is 5.92 Å². The number of fused-ring (bicyclic) bond motifs is 1. The molecular weight excluding hydrogens is 370 g/mol. The number of rotatable bonds is 5. The largest absolute Gasteiger partial charge is 0.486 e. The summed E-state index contributed by atoms with van der Waals surface area (Å²) in [6.45, 7) is 9.55. The first-order chi connectivity index (χ1) is 13.9. The number of para-hydroxylation sites is 1. The van der Waals surface area contributed by atoms with E-state index in [2.05, 4.69) is 5.32 Å². The van der Waals surface area contributed by atoms with E-state index in [1.165, 1.54) is 0 Å². The maximum Gasteiger partial charge on any atom is 0.336 e. The predicted molar refractivity (Wildman–Crippen MR) is 110 cm³/mol. The maximum atomic E-state index is 12.9. The number of hydrogen-bond donors (Lipinski definition) is 1. The van der Waals surface area contributed by atoms with E-state index in [9.17, 15) is 9.59 Å². The zero-order valence-electron chi connectivity index (χ0n) is 17.5. The van der Waals surface area contributed by atoms with Gasteiger partial charge in [-0.15, -0.1) is 0 Å². The van der Waals surface area contributed by atoms with Crippen molar-refractivity contribution in [3.63, 3.8) is 0 Å². The summed E-state index contributed by atoms with van der Waals surface area (Å²) in [5, 5.41) is 3.15. The Bertz CT molecular complexity index is 885. The van der Waals surface area contributed by atoms with Crippen molar-refractivity contribution in [1.82, 2.24) is 5.32 Å². The van der Waals surface area contributed by atoms with Gasteiger partial charge in [0.1, 0.15) is 11.9 Å². The molecule has 1 aromatic carbocycles. The highest BCUT2D eigenvalue weighted by Crippen LogP contribution is 2.42. The lowest BCUT2D eigenvalue weighted by atomic mass is 9.77. The molecule has 3 rings (SSSR count). The lowest BCUT2D eigenvalue weighted by Gasteiger charge is -2.35. The van der Waals surface area contributed by atoms with Crippen molar-refractivity contribution in [2.24, 2.45) is 5.92 Å². The Labute approximate surface area is 171 Å². The standard InChI is InChI=1S/C23H27NO5/c1-6-27-22(25)19-13(3)24-14(4)20(23(26)28-7-2)21(19)17-12-16-10-8-9-11-18(16)29-15(17)5/h8-12,15,21,24H,6-7H2,1-5H3. The molecule has 0 saturated heterocycles. The molecule has 154 valence electrons. The zero-order valence-corrected chi connectivity index (χ0v) is 17.5. The minimum absolute atomic E-state index is 0.244. The maximum absolute atomic E-state index is 12.9. The highest BCUT2D eigenvalue weighted by molar-refractivity contribution is 5.99. The highest BCUT2D eigenvalue weighted by Gasteiger charge is 2.41. The predicted octanol–water partition coefficient (Wildman–Crippen LogP) is 3.74. The normalized spacial score (nSPS) is 19.1. The van der Waals surface area contributed by atoms with E-state index < -0.39 is 17.9 Å². The molecule has 29 heavy (non-hydrogen) atoms. The minimum atomic E-state index is -0.613. The van der Waals surface area contributed by atoms with Gasteiger partial charge in [-0.25, -0.2) is 9.59 Å². The van der Waals surface area contributed by atoms with Gasteiger partial charge in [0.25, 0.3) is 0 Å². The van der Waals surface area contributed by atoms with Crippen LogP contribution in [0.4, 0.5) is 0 Å². The first kappa shape index (κ1) is 20.7. The van der Waals surface area contributed by atoms with E-state index in [1.54, 1.807) is 13.8 Å². The molecule has 0 saturated carbocycles. The minimum Gasteiger partial charge on any atom is -0.486 e. The summed E-state index contributed by atoms with van der Waals surface area (Å²) in [6.07, 6.45) is 1.67. The van der Waals surface area contributed by atoms with Crippen molar-refractivity contribution in [1.29, 1.82) is 0 Å². The van der Waals surface area contributed by atoms with Crippen LogP contribution in [0.2, 0.25) is 0 Å². The quantitative estimate of drug-likeness (QED) is 0.763. The molecule has 1 unspecified atom stereocenters. The molecule has 0 aromatic heterocycles. The summed E-state index contributed by atoms with van der Waals surface area (Å²) >= 11 is 0. The van der Waals surface area contributed by atoms with Crippen LogP contribution in [-0.4, -0.2) is 31.3 Å². The van der Waals surface area contributed by atoms with Crippen LogP contribution in [-0.2, 0) is 19.1 Å². The Morgan fingerprint density at radius 2 is 1.55 bits per heavy atom. The van der Waals surface area contributed by atoms with Gasteiger partial charge in [-0.05, 0) is 52.3 Å². The summed E-state index contributed by atoms with van der Waals surface area (Å²) < 4.78 is 16.7. The van der Waals surface area contributed by atoms with Crippen LogP contribution in [0.3, 0.4) is 0 Å². The van der Waals surface area contributed by atoms with Crippen LogP contribution in [0.15, 0.2) is 52.4 Å². The molecule has 1 aromatic rings. The van der Waals surface area contributed by atoms with Gasteiger partial charge in [-0.3, -0.25) is 0 Å². The fourth-order valence-corrected chi connectivity index (χ4v) is 3.87. The van der Waals surface area contributed by atoms with E-state index in [-0.39, 0.29) is 19.3 Å². The molecule has 1 N–H and O–H groups in total. The summed E-state index contributed by atoms with van der Waals surface area (Å²) in [7, 11) is 0. The number of carbonyl (C=O) groups is 2. The van der Waals surface area contributed by atoms with Gasteiger partial charge in [0, 0.05) is 17.0 Å². The summed E-state index contributed by atoms with van der Waals surface area (Å²) in [4.78, 5) is 25.8. The van der Waals surface area contributed by atoms with E-state index in [0.29, 0.717) is 22.5 Å². The van der Waals surface area contributed by atoms with Crippen molar-refractivity contribution in [2.75, 3.05) is 13.2 Å². The van der Waals surface area contributed by atoms with Gasteiger partial charge >= 0.3 is 11.9 Å². The van der Waals surface area contributed by atoms with Gasteiger partial charge in [0.05, 0.1) is 30.3 Å². The van der Waals surface area contributed by atoms with E-state index in [1.807, 2.05) is 51.1 Å². The zero-order chi connectivity index (χ0) is 21.1. The Kier molecular flexibility index (Phi) is 6.11. The van der Waals surface area contributed by atoms with Crippen LogP contribution >= 0.6 is 0 Å². The second-order valence-electron chi connectivity index (χ2n) is 7.02. The average molecular weight is 397 g/mol. The topological polar surface area (TPSA) is 73.9 Å². The van der Waals surface area contributed by atoms with Gasteiger partial charge in [0.15, 0.2) is 0 Å². The molecule has 0 aliphatic carbocycles. The van der Waals surface area contributed by atoms with Crippen LogP contribution in [0.1, 0.15) is 40.2 Å². The van der Waals surface area contributed by atoms with Crippen molar-refractivity contribution in [3.8, 4) is 5.75 Å².